The predicted octanol–water partition coefficient (Wildman–Crippen LogP) is 2.21. The lowest BCUT2D eigenvalue weighted by Crippen LogP contribution is -2.23. The molecule has 0 saturated carbocycles. The molecule has 0 saturated heterocycles. The van der Waals surface area contributed by atoms with Gasteiger partial charge < -0.3 is 5.11 Å². The summed E-state index contributed by atoms with van der Waals surface area (Å²) in [4.78, 5) is 13.4. The maximum atomic E-state index is 11.3. The Morgan fingerprint density at radius 1 is 1.40 bits per heavy atom. The fraction of sp³-hybridized carbons (Fsp3) is 0.200. The van der Waals surface area contributed by atoms with Gasteiger partial charge in [-0.15, -0.1) is 13.2 Å². The molecule has 1 N–H and O–H groups in total. The van der Waals surface area contributed by atoms with E-state index in [1.807, 2.05) is 24.3 Å². The summed E-state index contributed by atoms with van der Waals surface area (Å²) in [5.74, 6) is -0.966. The van der Waals surface area contributed by atoms with E-state index >= 15 is 0 Å². The third-order valence-corrected chi connectivity index (χ3v) is 3.02. The quantitative estimate of drug-likeness (QED) is 0.784. The van der Waals surface area contributed by atoms with E-state index in [-0.39, 0.29) is 5.56 Å². The smallest absolute Gasteiger partial charge is 0.339 e. The van der Waals surface area contributed by atoms with Gasteiger partial charge in [0.1, 0.15) is 5.56 Å². The molecule has 0 aliphatic carbocycles. The molecule has 0 fully saturated rings. The second kappa shape index (κ2) is 6.16. The second-order valence-electron chi connectivity index (χ2n) is 4.46. The highest BCUT2D eigenvalue weighted by atomic mass is 16.4. The number of hydrogen-bond acceptors (Lipinski definition) is 3. The van der Waals surface area contributed by atoms with Gasteiger partial charge in [0.2, 0.25) is 0 Å². The molecule has 0 aliphatic heterocycles. The number of aromatic carboxylic acids is 1. The number of hydrogen-bond donors (Lipinski definition) is 1. The van der Waals surface area contributed by atoms with E-state index in [1.54, 1.807) is 10.7 Å². The van der Waals surface area contributed by atoms with E-state index in [4.69, 9.17) is 0 Å². The zero-order chi connectivity index (χ0) is 14.5. The molecule has 2 aromatic heterocycles. The highest BCUT2D eigenvalue weighted by molar-refractivity contribution is 5.96. The number of fused-ring (bicyclic) bond motifs is 1. The zero-order valence-corrected chi connectivity index (χ0v) is 11.2. The van der Waals surface area contributed by atoms with Crippen molar-refractivity contribution in [3.05, 3.63) is 61.0 Å². The summed E-state index contributed by atoms with van der Waals surface area (Å²) in [6, 6.07) is 3.78. The summed E-state index contributed by atoms with van der Waals surface area (Å²) in [7, 11) is 0. The summed E-state index contributed by atoms with van der Waals surface area (Å²) in [5, 5.41) is 13.3. The van der Waals surface area contributed by atoms with Crippen molar-refractivity contribution in [3.8, 4) is 0 Å². The van der Waals surface area contributed by atoms with Crippen LogP contribution in [0.25, 0.3) is 5.52 Å². The van der Waals surface area contributed by atoms with Crippen LogP contribution in [0.4, 0.5) is 0 Å². The minimum Gasteiger partial charge on any atom is -0.478 e. The molecule has 0 aliphatic rings. The molecule has 2 aromatic rings. The van der Waals surface area contributed by atoms with Crippen LogP contribution in [0.3, 0.4) is 0 Å². The van der Waals surface area contributed by atoms with Crippen molar-refractivity contribution >= 4 is 11.5 Å². The minimum absolute atomic E-state index is 0.220. The van der Waals surface area contributed by atoms with Gasteiger partial charge in [0.15, 0.2) is 0 Å². The first-order valence-electron chi connectivity index (χ1n) is 6.30. The normalized spacial score (nSPS) is 10.8. The zero-order valence-electron chi connectivity index (χ0n) is 11.2. The van der Waals surface area contributed by atoms with Gasteiger partial charge >= 0.3 is 5.97 Å². The fourth-order valence-electron chi connectivity index (χ4n) is 2.21. The molecule has 0 radical (unpaired) electrons. The highest BCUT2D eigenvalue weighted by Crippen LogP contribution is 2.18. The first-order chi connectivity index (χ1) is 9.67. The third-order valence-electron chi connectivity index (χ3n) is 3.02. The van der Waals surface area contributed by atoms with Crippen molar-refractivity contribution in [2.24, 2.45) is 0 Å². The topological polar surface area (TPSA) is 57.8 Å². The molecule has 0 amide bonds. The van der Waals surface area contributed by atoms with Gasteiger partial charge in [0.25, 0.3) is 0 Å². The van der Waals surface area contributed by atoms with Crippen LogP contribution in [0.5, 0.6) is 0 Å². The average molecular weight is 271 g/mol. The van der Waals surface area contributed by atoms with Crippen molar-refractivity contribution in [2.75, 3.05) is 13.1 Å². The van der Waals surface area contributed by atoms with Crippen LogP contribution in [0.2, 0.25) is 0 Å². The summed E-state index contributed by atoms with van der Waals surface area (Å²) < 4.78 is 1.60. The molecule has 104 valence electrons. The van der Waals surface area contributed by atoms with Gasteiger partial charge in [-0.2, -0.15) is 5.10 Å². The van der Waals surface area contributed by atoms with E-state index in [0.717, 1.165) is 5.56 Å². The SMILES string of the molecule is C=CCN(CC=C)Cc1cccn2ncc(C(=O)O)c12. The molecular weight excluding hydrogens is 254 g/mol. The molecule has 0 aromatic carbocycles. The Morgan fingerprint density at radius 3 is 2.70 bits per heavy atom. The summed E-state index contributed by atoms with van der Waals surface area (Å²) >= 11 is 0. The molecule has 5 nitrogen and oxygen atoms in total. The first kappa shape index (κ1) is 14.0. The van der Waals surface area contributed by atoms with Crippen LogP contribution in [0.1, 0.15) is 15.9 Å². The Hall–Kier alpha value is -2.40. The highest BCUT2D eigenvalue weighted by Gasteiger charge is 2.15. The van der Waals surface area contributed by atoms with E-state index in [9.17, 15) is 9.90 Å². The second-order valence-corrected chi connectivity index (χ2v) is 4.46. The van der Waals surface area contributed by atoms with Gasteiger partial charge in [0.05, 0.1) is 11.7 Å². The Kier molecular flexibility index (Phi) is 4.32. The van der Waals surface area contributed by atoms with Crippen LogP contribution in [-0.4, -0.2) is 38.7 Å². The molecule has 0 bridgehead atoms. The molecule has 20 heavy (non-hydrogen) atoms. The number of carboxylic acid groups (broad SMARTS) is 1. The molecule has 5 heteroatoms. The van der Waals surface area contributed by atoms with Crippen molar-refractivity contribution in [2.45, 2.75) is 6.54 Å². The lowest BCUT2D eigenvalue weighted by atomic mass is 10.1. The number of nitrogens with zero attached hydrogens (tertiary/aromatic N) is 3. The van der Waals surface area contributed by atoms with E-state index in [2.05, 4.69) is 23.2 Å². The van der Waals surface area contributed by atoms with E-state index < -0.39 is 5.97 Å². The standard InChI is InChI=1S/C15H17N3O2/c1-3-7-17(8-4-2)11-12-6-5-9-18-14(12)13(10-16-18)15(19)20/h3-6,9-10H,1-2,7-8,11H2,(H,19,20). The van der Waals surface area contributed by atoms with Crippen LogP contribution in [0, 0.1) is 0 Å². The Balaban J connectivity index is 2.42. The van der Waals surface area contributed by atoms with Crippen LogP contribution >= 0.6 is 0 Å². The average Bonchev–Trinajstić information content (AvgIpc) is 2.84. The van der Waals surface area contributed by atoms with Gasteiger partial charge in [0, 0.05) is 25.8 Å². The van der Waals surface area contributed by atoms with Crippen molar-refractivity contribution in [3.63, 3.8) is 0 Å². The lowest BCUT2D eigenvalue weighted by Gasteiger charge is -2.19. The first-order valence-corrected chi connectivity index (χ1v) is 6.30. The molecule has 2 heterocycles. The third kappa shape index (κ3) is 2.78. The Morgan fingerprint density at radius 2 is 2.10 bits per heavy atom. The van der Waals surface area contributed by atoms with Crippen LogP contribution in [0.15, 0.2) is 49.8 Å². The maximum absolute atomic E-state index is 11.3. The predicted molar refractivity (Wildman–Crippen MR) is 77.8 cm³/mol. The fourth-order valence-corrected chi connectivity index (χ4v) is 2.21. The molecule has 0 atom stereocenters. The van der Waals surface area contributed by atoms with Gasteiger partial charge in [-0.3, -0.25) is 4.90 Å². The van der Waals surface area contributed by atoms with Crippen LogP contribution in [-0.2, 0) is 6.54 Å². The largest absolute Gasteiger partial charge is 0.478 e. The number of aromatic nitrogens is 2. The molecule has 0 spiro atoms. The van der Waals surface area contributed by atoms with Gasteiger partial charge in [-0.1, -0.05) is 18.2 Å². The number of carboxylic acids is 1. The van der Waals surface area contributed by atoms with Crippen LogP contribution < -0.4 is 0 Å². The monoisotopic (exact) mass is 271 g/mol. The van der Waals surface area contributed by atoms with Gasteiger partial charge in [-0.05, 0) is 11.6 Å². The summed E-state index contributed by atoms with van der Waals surface area (Å²) in [6.07, 6.45) is 6.76. The number of pyridine rings is 1. The minimum atomic E-state index is -0.966. The lowest BCUT2D eigenvalue weighted by molar-refractivity contribution is 0.0699. The summed E-state index contributed by atoms with van der Waals surface area (Å²) in [6.45, 7) is 9.51. The molecule has 0 unspecified atom stereocenters. The van der Waals surface area contributed by atoms with Gasteiger partial charge in [-0.25, -0.2) is 9.31 Å². The molecular formula is C15H17N3O2. The number of rotatable bonds is 7. The Bertz CT molecular complexity index is 636. The summed E-state index contributed by atoms with van der Waals surface area (Å²) in [5.41, 5.74) is 1.78. The van der Waals surface area contributed by atoms with E-state index in [1.165, 1.54) is 6.20 Å². The van der Waals surface area contributed by atoms with Crippen molar-refractivity contribution < 1.29 is 9.90 Å². The maximum Gasteiger partial charge on any atom is 0.339 e. The van der Waals surface area contributed by atoms with Crippen molar-refractivity contribution in [1.29, 1.82) is 0 Å². The van der Waals surface area contributed by atoms with E-state index in [0.29, 0.717) is 25.2 Å². The van der Waals surface area contributed by atoms with Crippen molar-refractivity contribution in [1.82, 2.24) is 14.5 Å². The Labute approximate surface area is 117 Å². The number of carbonyl (C=O) groups is 1. The molecule has 2 rings (SSSR count).